The Morgan fingerprint density at radius 3 is 2.24 bits per heavy atom. The van der Waals surface area contributed by atoms with Crippen LogP contribution in [0.1, 0.15) is 86.3 Å². The van der Waals surface area contributed by atoms with E-state index in [-0.39, 0.29) is 23.4 Å². The lowest BCUT2D eigenvalue weighted by atomic mass is 9.80. The summed E-state index contributed by atoms with van der Waals surface area (Å²) in [5.41, 5.74) is 4.47. The Kier molecular flexibility index (Phi) is 10.7. The Hall–Kier alpha value is -2.69. The summed E-state index contributed by atoms with van der Waals surface area (Å²) in [4.78, 5) is 23.5. The summed E-state index contributed by atoms with van der Waals surface area (Å²) in [6.45, 7) is 9.72. The number of hydrogen-bond donors (Lipinski definition) is 1. The van der Waals surface area contributed by atoms with Crippen molar-refractivity contribution in [3.8, 4) is 5.75 Å². The van der Waals surface area contributed by atoms with Crippen LogP contribution in [0.15, 0.2) is 30.3 Å². The van der Waals surface area contributed by atoms with E-state index in [2.05, 4.69) is 19.2 Å². The molecule has 0 aromatic heterocycles. The van der Waals surface area contributed by atoms with Gasteiger partial charge in [0.1, 0.15) is 0 Å². The number of ether oxygens (including phenoxy) is 1. The van der Waals surface area contributed by atoms with Crippen molar-refractivity contribution in [3.63, 3.8) is 0 Å². The van der Waals surface area contributed by atoms with Crippen LogP contribution in [0, 0.1) is 31.5 Å². The van der Waals surface area contributed by atoms with E-state index in [1.165, 1.54) is 37.1 Å². The fourth-order valence-electron chi connectivity index (χ4n) is 4.93. The van der Waals surface area contributed by atoms with E-state index in [4.69, 9.17) is 4.74 Å². The molecule has 0 atom stereocenters. The van der Waals surface area contributed by atoms with E-state index in [0.29, 0.717) is 11.3 Å². The molecule has 5 heteroatoms. The number of rotatable bonds is 7. The number of aryl methyl sites for hydroxylation is 2. The van der Waals surface area contributed by atoms with Crippen LogP contribution in [-0.4, -0.2) is 18.8 Å². The Morgan fingerprint density at radius 2 is 1.74 bits per heavy atom. The lowest BCUT2D eigenvalue weighted by Gasteiger charge is -2.27. The maximum absolute atomic E-state index is 13.9. The van der Waals surface area contributed by atoms with E-state index < -0.39 is 5.82 Å². The first-order chi connectivity index (χ1) is 16.2. The van der Waals surface area contributed by atoms with Gasteiger partial charge in [0, 0.05) is 23.2 Å². The third kappa shape index (κ3) is 7.41. The van der Waals surface area contributed by atoms with E-state index in [1.54, 1.807) is 19.9 Å². The molecular formula is C29H40FNO3. The largest absolute Gasteiger partial charge is 0.493 e. The molecule has 0 spiro atoms. The lowest BCUT2D eigenvalue weighted by molar-refractivity contribution is -0.121. The number of methoxy groups -OCH3 is 1. The minimum atomic E-state index is -0.440. The van der Waals surface area contributed by atoms with Gasteiger partial charge in [-0.3, -0.25) is 9.59 Å². The van der Waals surface area contributed by atoms with Gasteiger partial charge in [-0.2, -0.15) is 0 Å². The van der Waals surface area contributed by atoms with Gasteiger partial charge in [-0.05, 0) is 81.5 Å². The molecule has 2 aromatic carbocycles. The highest BCUT2D eigenvalue weighted by Gasteiger charge is 2.26. The number of hydrogen-bond acceptors (Lipinski definition) is 3. The van der Waals surface area contributed by atoms with Crippen LogP contribution in [0.4, 0.5) is 10.1 Å². The molecule has 0 unspecified atom stereocenters. The average molecular weight is 470 g/mol. The number of carbonyl (C=O) groups is 2. The number of amides is 1. The van der Waals surface area contributed by atoms with Crippen molar-refractivity contribution in [3.05, 3.63) is 58.4 Å². The first kappa shape index (κ1) is 27.6. The SMILES string of the molecule is CCCC1CCC(C(=O)Nc2cc(C)c(OC)c(F)c2)CC1.CCc1c(C)cccc1C(C)=O. The fourth-order valence-corrected chi connectivity index (χ4v) is 4.93. The molecule has 0 saturated heterocycles. The van der Waals surface area contributed by atoms with Crippen molar-refractivity contribution in [2.75, 3.05) is 12.4 Å². The predicted octanol–water partition coefficient (Wildman–Crippen LogP) is 7.45. The molecule has 0 radical (unpaired) electrons. The fraction of sp³-hybridized carbons (Fsp3) is 0.517. The summed E-state index contributed by atoms with van der Waals surface area (Å²) in [6, 6.07) is 8.96. The summed E-state index contributed by atoms with van der Waals surface area (Å²) in [7, 11) is 1.44. The first-order valence-electron chi connectivity index (χ1n) is 12.5. The van der Waals surface area contributed by atoms with Gasteiger partial charge in [-0.1, -0.05) is 44.9 Å². The number of benzene rings is 2. The second kappa shape index (κ2) is 13.3. The molecule has 186 valence electrons. The van der Waals surface area contributed by atoms with Gasteiger partial charge in [0.05, 0.1) is 7.11 Å². The van der Waals surface area contributed by atoms with Crippen LogP contribution in [0.25, 0.3) is 0 Å². The zero-order chi connectivity index (χ0) is 25.3. The highest BCUT2D eigenvalue weighted by atomic mass is 19.1. The number of carbonyl (C=O) groups excluding carboxylic acids is 2. The lowest BCUT2D eigenvalue weighted by Crippen LogP contribution is -2.27. The number of nitrogens with one attached hydrogen (secondary N) is 1. The molecule has 2 aromatic rings. The second-order valence-electron chi connectivity index (χ2n) is 9.31. The maximum Gasteiger partial charge on any atom is 0.227 e. The summed E-state index contributed by atoms with van der Waals surface area (Å²) in [6.07, 6.45) is 7.54. The molecule has 1 saturated carbocycles. The van der Waals surface area contributed by atoms with Crippen LogP contribution in [-0.2, 0) is 11.2 Å². The molecule has 0 aliphatic heterocycles. The third-order valence-corrected chi connectivity index (χ3v) is 6.76. The Bertz CT molecular complexity index is 954. The molecule has 1 fully saturated rings. The van der Waals surface area contributed by atoms with Gasteiger partial charge in [0.25, 0.3) is 0 Å². The molecule has 3 rings (SSSR count). The molecule has 1 aliphatic carbocycles. The van der Waals surface area contributed by atoms with E-state index in [0.717, 1.165) is 43.6 Å². The number of Topliss-reactive ketones (excluding diaryl/α,β-unsaturated/α-hetero) is 1. The molecular weight excluding hydrogens is 429 g/mol. The quantitative estimate of drug-likeness (QED) is 0.429. The molecule has 0 heterocycles. The summed E-state index contributed by atoms with van der Waals surface area (Å²) in [5, 5.41) is 2.86. The topological polar surface area (TPSA) is 55.4 Å². The van der Waals surface area contributed by atoms with E-state index in [1.807, 2.05) is 25.1 Å². The van der Waals surface area contributed by atoms with Crippen molar-refractivity contribution in [2.24, 2.45) is 11.8 Å². The summed E-state index contributed by atoms with van der Waals surface area (Å²) in [5.74, 6) is 0.797. The minimum Gasteiger partial charge on any atom is -0.493 e. The van der Waals surface area contributed by atoms with Crippen molar-refractivity contribution < 1.29 is 18.7 Å². The summed E-state index contributed by atoms with van der Waals surface area (Å²) < 4.78 is 18.9. The average Bonchev–Trinajstić information content (AvgIpc) is 2.79. The molecule has 1 N–H and O–H groups in total. The Labute approximate surface area is 204 Å². The number of halogens is 1. The van der Waals surface area contributed by atoms with Gasteiger partial charge >= 0.3 is 0 Å². The van der Waals surface area contributed by atoms with Crippen LogP contribution in [0.5, 0.6) is 5.75 Å². The van der Waals surface area contributed by atoms with Crippen LogP contribution >= 0.6 is 0 Å². The zero-order valence-electron chi connectivity index (χ0n) is 21.6. The highest BCUT2D eigenvalue weighted by Crippen LogP contribution is 2.33. The first-order valence-corrected chi connectivity index (χ1v) is 12.5. The second-order valence-corrected chi connectivity index (χ2v) is 9.31. The van der Waals surface area contributed by atoms with E-state index in [9.17, 15) is 14.0 Å². The molecule has 4 nitrogen and oxygen atoms in total. The number of anilines is 1. The number of ketones is 1. The van der Waals surface area contributed by atoms with Crippen molar-refractivity contribution in [1.82, 2.24) is 0 Å². The molecule has 0 bridgehead atoms. The predicted molar refractivity (Wildman–Crippen MR) is 137 cm³/mol. The normalized spacial score (nSPS) is 17.4. The van der Waals surface area contributed by atoms with Gasteiger partial charge in [-0.15, -0.1) is 0 Å². The van der Waals surface area contributed by atoms with E-state index >= 15 is 0 Å². The van der Waals surface area contributed by atoms with Gasteiger partial charge in [0.15, 0.2) is 17.3 Å². The molecule has 1 amide bonds. The standard InChI is InChI=1S/C18H26FNO2.C11H14O/c1-4-5-13-6-8-14(9-7-13)18(21)20-15-10-12(2)17(22-3)16(19)11-15;1-4-10-8(2)6-5-7-11(10)9(3)12/h10-11,13-14H,4-9H2,1-3H3,(H,20,21);5-7H,4H2,1-3H3. The monoisotopic (exact) mass is 469 g/mol. The van der Waals surface area contributed by atoms with Gasteiger partial charge in [0.2, 0.25) is 5.91 Å². The van der Waals surface area contributed by atoms with Crippen molar-refractivity contribution in [1.29, 1.82) is 0 Å². The van der Waals surface area contributed by atoms with Crippen molar-refractivity contribution in [2.45, 2.75) is 79.6 Å². The van der Waals surface area contributed by atoms with Gasteiger partial charge in [-0.25, -0.2) is 4.39 Å². The molecule has 34 heavy (non-hydrogen) atoms. The maximum atomic E-state index is 13.9. The minimum absolute atomic E-state index is 0.0129. The Balaban J connectivity index is 0.000000287. The van der Waals surface area contributed by atoms with Crippen LogP contribution in [0.3, 0.4) is 0 Å². The smallest absolute Gasteiger partial charge is 0.227 e. The molecule has 1 aliphatic rings. The Morgan fingerprint density at radius 1 is 1.06 bits per heavy atom. The summed E-state index contributed by atoms with van der Waals surface area (Å²) >= 11 is 0. The van der Waals surface area contributed by atoms with Crippen LogP contribution in [0.2, 0.25) is 0 Å². The highest BCUT2D eigenvalue weighted by molar-refractivity contribution is 5.95. The van der Waals surface area contributed by atoms with Crippen molar-refractivity contribution >= 4 is 17.4 Å². The third-order valence-electron chi connectivity index (χ3n) is 6.76. The zero-order valence-corrected chi connectivity index (χ0v) is 21.6. The van der Waals surface area contributed by atoms with Crippen LogP contribution < -0.4 is 10.1 Å². The van der Waals surface area contributed by atoms with Gasteiger partial charge < -0.3 is 10.1 Å².